The summed E-state index contributed by atoms with van der Waals surface area (Å²) in [4.78, 5) is 11.0. The van der Waals surface area contributed by atoms with Crippen LogP contribution in [0.25, 0.3) is 0 Å². The summed E-state index contributed by atoms with van der Waals surface area (Å²) >= 11 is 0. The summed E-state index contributed by atoms with van der Waals surface area (Å²) in [6.45, 7) is 3.22. The largest absolute Gasteiger partial charge is 0.416 e. The van der Waals surface area contributed by atoms with Gasteiger partial charge in [-0.05, 0) is 23.8 Å². The molecule has 0 spiro atoms. The molecule has 0 aliphatic carbocycles. The van der Waals surface area contributed by atoms with Gasteiger partial charge >= 0.3 is 6.18 Å². The average molecular weight is 254 g/mol. The highest BCUT2D eigenvalue weighted by atomic mass is 19.4. The SMILES string of the molecule is C=CC(=O)NC(C#N)c1ccc(C(F)(F)F)cc1. The van der Waals surface area contributed by atoms with Gasteiger partial charge in [0.25, 0.3) is 0 Å². The van der Waals surface area contributed by atoms with E-state index in [4.69, 9.17) is 5.26 Å². The van der Waals surface area contributed by atoms with Crippen LogP contribution in [0.1, 0.15) is 17.2 Å². The van der Waals surface area contributed by atoms with E-state index < -0.39 is 23.7 Å². The molecule has 3 nitrogen and oxygen atoms in total. The van der Waals surface area contributed by atoms with E-state index >= 15 is 0 Å². The molecule has 1 N–H and O–H groups in total. The number of nitrogens with zero attached hydrogens (tertiary/aromatic N) is 1. The van der Waals surface area contributed by atoms with Crippen LogP contribution >= 0.6 is 0 Å². The molecule has 94 valence electrons. The Bertz CT molecular complexity index is 486. The lowest BCUT2D eigenvalue weighted by molar-refractivity contribution is -0.137. The summed E-state index contributed by atoms with van der Waals surface area (Å²) in [6, 6.07) is 4.81. The number of halogens is 3. The van der Waals surface area contributed by atoms with Gasteiger partial charge in [0.05, 0.1) is 11.6 Å². The number of nitrogens with one attached hydrogen (secondary N) is 1. The first-order valence-electron chi connectivity index (χ1n) is 4.88. The second-order valence-electron chi connectivity index (χ2n) is 3.39. The van der Waals surface area contributed by atoms with E-state index in [1.165, 1.54) is 0 Å². The molecule has 6 heteroatoms. The molecular formula is C12H9F3N2O. The molecular weight excluding hydrogens is 245 g/mol. The predicted molar refractivity (Wildman–Crippen MR) is 58.1 cm³/mol. The van der Waals surface area contributed by atoms with E-state index in [2.05, 4.69) is 11.9 Å². The van der Waals surface area contributed by atoms with Crippen molar-refractivity contribution in [3.8, 4) is 6.07 Å². The summed E-state index contributed by atoms with van der Waals surface area (Å²) in [5.74, 6) is -0.568. The summed E-state index contributed by atoms with van der Waals surface area (Å²) < 4.78 is 37.0. The zero-order chi connectivity index (χ0) is 13.8. The Labute approximate surface area is 102 Å². The highest BCUT2D eigenvalue weighted by Crippen LogP contribution is 2.29. The highest BCUT2D eigenvalue weighted by molar-refractivity contribution is 5.87. The van der Waals surface area contributed by atoms with E-state index in [0.29, 0.717) is 0 Å². The summed E-state index contributed by atoms with van der Waals surface area (Å²) in [5.41, 5.74) is -0.529. The van der Waals surface area contributed by atoms with Crippen molar-refractivity contribution in [1.29, 1.82) is 5.26 Å². The van der Waals surface area contributed by atoms with E-state index in [1.807, 2.05) is 0 Å². The quantitative estimate of drug-likeness (QED) is 0.843. The third-order valence-corrected chi connectivity index (χ3v) is 2.17. The Hall–Kier alpha value is -2.29. The zero-order valence-corrected chi connectivity index (χ0v) is 9.16. The van der Waals surface area contributed by atoms with Crippen LogP contribution in [0.4, 0.5) is 13.2 Å². The van der Waals surface area contributed by atoms with Gasteiger partial charge < -0.3 is 5.32 Å². The van der Waals surface area contributed by atoms with Crippen LogP contribution in [-0.2, 0) is 11.0 Å². The molecule has 1 amide bonds. The molecule has 1 atom stereocenters. The minimum atomic E-state index is -4.43. The first-order chi connectivity index (χ1) is 8.38. The van der Waals surface area contributed by atoms with Crippen molar-refractivity contribution in [1.82, 2.24) is 5.32 Å². The van der Waals surface area contributed by atoms with Crippen molar-refractivity contribution >= 4 is 5.91 Å². The fourth-order valence-corrected chi connectivity index (χ4v) is 1.26. The van der Waals surface area contributed by atoms with Gasteiger partial charge in [0.15, 0.2) is 0 Å². The van der Waals surface area contributed by atoms with E-state index in [9.17, 15) is 18.0 Å². The molecule has 18 heavy (non-hydrogen) atoms. The number of rotatable bonds is 3. The number of carbonyl (C=O) groups excluding carboxylic acids is 1. The van der Waals surface area contributed by atoms with Crippen LogP contribution in [0.5, 0.6) is 0 Å². The Morgan fingerprint density at radius 3 is 2.33 bits per heavy atom. The Balaban J connectivity index is 2.93. The second kappa shape index (κ2) is 5.36. The molecule has 0 heterocycles. The smallest absolute Gasteiger partial charge is 0.333 e. The maximum Gasteiger partial charge on any atom is 0.416 e. The standard InChI is InChI=1S/C12H9F3N2O/c1-2-11(18)17-10(7-16)8-3-5-9(6-4-8)12(13,14)15/h2-6,10H,1H2,(H,17,18). The van der Waals surface area contributed by atoms with Crippen molar-refractivity contribution in [3.05, 3.63) is 48.0 Å². The molecule has 1 rings (SSSR count). The Morgan fingerprint density at radius 2 is 1.94 bits per heavy atom. The maximum atomic E-state index is 12.3. The van der Waals surface area contributed by atoms with Gasteiger partial charge in [0.2, 0.25) is 5.91 Å². The maximum absolute atomic E-state index is 12.3. The number of hydrogen-bond donors (Lipinski definition) is 1. The van der Waals surface area contributed by atoms with Crippen LogP contribution in [0.3, 0.4) is 0 Å². The number of hydrogen-bond acceptors (Lipinski definition) is 2. The first-order valence-corrected chi connectivity index (χ1v) is 4.88. The Kier molecular flexibility index (Phi) is 4.10. The summed E-state index contributed by atoms with van der Waals surface area (Å²) in [6.07, 6.45) is -3.44. The van der Waals surface area contributed by atoms with Crippen molar-refractivity contribution in [2.24, 2.45) is 0 Å². The van der Waals surface area contributed by atoms with Gasteiger partial charge in [0.1, 0.15) is 6.04 Å². The van der Waals surface area contributed by atoms with E-state index in [-0.39, 0.29) is 5.56 Å². The van der Waals surface area contributed by atoms with Gasteiger partial charge in [-0.1, -0.05) is 18.7 Å². The third kappa shape index (κ3) is 3.35. The van der Waals surface area contributed by atoms with Gasteiger partial charge in [-0.25, -0.2) is 0 Å². The lowest BCUT2D eigenvalue weighted by Gasteiger charge is -2.12. The van der Waals surface area contributed by atoms with Crippen LogP contribution in [0, 0.1) is 11.3 Å². The molecule has 0 aromatic heterocycles. The molecule has 0 aliphatic heterocycles. The predicted octanol–water partition coefficient (Wildman–Crippen LogP) is 2.57. The number of carbonyl (C=O) groups is 1. The third-order valence-electron chi connectivity index (χ3n) is 2.17. The topological polar surface area (TPSA) is 52.9 Å². The average Bonchev–Trinajstić information content (AvgIpc) is 2.34. The summed E-state index contributed by atoms with van der Waals surface area (Å²) in [5, 5.41) is 11.1. The number of alkyl halides is 3. The van der Waals surface area contributed by atoms with Crippen LogP contribution in [-0.4, -0.2) is 5.91 Å². The van der Waals surface area contributed by atoms with Gasteiger partial charge in [0, 0.05) is 0 Å². The molecule has 0 saturated carbocycles. The lowest BCUT2D eigenvalue weighted by Crippen LogP contribution is -2.25. The minimum absolute atomic E-state index is 0.278. The van der Waals surface area contributed by atoms with Crippen molar-refractivity contribution in [3.63, 3.8) is 0 Å². The minimum Gasteiger partial charge on any atom is -0.333 e. The van der Waals surface area contributed by atoms with Crippen molar-refractivity contribution < 1.29 is 18.0 Å². The van der Waals surface area contributed by atoms with Gasteiger partial charge in [-0.2, -0.15) is 18.4 Å². The van der Waals surface area contributed by atoms with Gasteiger partial charge in [-0.3, -0.25) is 4.79 Å². The highest BCUT2D eigenvalue weighted by Gasteiger charge is 2.30. The molecule has 0 aliphatic rings. The van der Waals surface area contributed by atoms with E-state index in [0.717, 1.165) is 30.3 Å². The summed E-state index contributed by atoms with van der Waals surface area (Å²) in [7, 11) is 0. The normalized spacial score (nSPS) is 12.3. The van der Waals surface area contributed by atoms with Crippen LogP contribution in [0.2, 0.25) is 0 Å². The Morgan fingerprint density at radius 1 is 1.39 bits per heavy atom. The second-order valence-corrected chi connectivity index (χ2v) is 3.39. The molecule has 0 bridgehead atoms. The van der Waals surface area contributed by atoms with Gasteiger partial charge in [-0.15, -0.1) is 0 Å². The molecule has 1 unspecified atom stereocenters. The van der Waals surface area contributed by atoms with Crippen LogP contribution in [0.15, 0.2) is 36.9 Å². The monoisotopic (exact) mass is 254 g/mol. The fraction of sp³-hybridized carbons (Fsp3) is 0.167. The number of benzene rings is 1. The van der Waals surface area contributed by atoms with Crippen LogP contribution < -0.4 is 5.32 Å². The van der Waals surface area contributed by atoms with Crippen molar-refractivity contribution in [2.45, 2.75) is 12.2 Å². The molecule has 1 aromatic carbocycles. The molecule has 0 fully saturated rings. The van der Waals surface area contributed by atoms with E-state index in [1.54, 1.807) is 6.07 Å². The number of amides is 1. The number of nitriles is 1. The molecule has 0 radical (unpaired) electrons. The first kappa shape index (κ1) is 13.8. The molecule has 1 aromatic rings. The molecule has 0 saturated heterocycles. The lowest BCUT2D eigenvalue weighted by atomic mass is 10.1. The van der Waals surface area contributed by atoms with Crippen molar-refractivity contribution in [2.75, 3.05) is 0 Å². The zero-order valence-electron chi connectivity index (χ0n) is 9.16. The fourth-order valence-electron chi connectivity index (χ4n) is 1.26.